The van der Waals surface area contributed by atoms with Crippen LogP contribution in [0.15, 0.2) is 24.3 Å². The molecule has 2 rings (SSSR count). The van der Waals surface area contributed by atoms with E-state index in [1.165, 1.54) is 5.56 Å². The van der Waals surface area contributed by atoms with Crippen LogP contribution in [-0.4, -0.2) is 35.4 Å². The van der Waals surface area contributed by atoms with Crippen LogP contribution in [0.25, 0.3) is 0 Å². The Balaban J connectivity index is 2.08. The molecule has 0 saturated carbocycles. The number of aryl methyl sites for hydroxylation is 1. The van der Waals surface area contributed by atoms with Gasteiger partial charge in [-0.25, -0.2) is 4.79 Å². The molecule has 0 radical (unpaired) electrons. The van der Waals surface area contributed by atoms with Crippen LogP contribution in [0.4, 0.5) is 4.79 Å². The smallest absolute Gasteiger partial charge is 0.410 e. The molecular formula is C13H17NO3. The summed E-state index contributed by atoms with van der Waals surface area (Å²) >= 11 is 0. The van der Waals surface area contributed by atoms with Crippen molar-refractivity contribution in [3.05, 3.63) is 35.4 Å². The Morgan fingerprint density at radius 1 is 1.53 bits per heavy atom. The predicted molar refractivity (Wildman–Crippen MR) is 63.6 cm³/mol. The minimum absolute atomic E-state index is 0.00647. The molecule has 1 heterocycles. The third kappa shape index (κ3) is 2.77. The first kappa shape index (κ1) is 11.9. The number of hydrogen-bond acceptors (Lipinski definition) is 3. The summed E-state index contributed by atoms with van der Waals surface area (Å²) in [5.74, 6) is 0. The normalized spacial score (nSPS) is 19.5. The molecule has 0 bridgehead atoms. The highest BCUT2D eigenvalue weighted by molar-refractivity contribution is 5.70. The largest absolute Gasteiger partial charge is 0.447 e. The van der Waals surface area contributed by atoms with Crippen molar-refractivity contribution < 1.29 is 14.6 Å². The van der Waals surface area contributed by atoms with Crippen molar-refractivity contribution in [2.45, 2.75) is 25.9 Å². The van der Waals surface area contributed by atoms with Gasteiger partial charge in [-0.15, -0.1) is 0 Å². The topological polar surface area (TPSA) is 49.8 Å². The van der Waals surface area contributed by atoms with E-state index >= 15 is 0 Å². The molecule has 1 fully saturated rings. The van der Waals surface area contributed by atoms with Gasteiger partial charge in [0.1, 0.15) is 6.61 Å². The molecular weight excluding hydrogens is 218 g/mol. The van der Waals surface area contributed by atoms with Crippen molar-refractivity contribution in [2.24, 2.45) is 0 Å². The van der Waals surface area contributed by atoms with Crippen molar-refractivity contribution in [3.63, 3.8) is 0 Å². The van der Waals surface area contributed by atoms with E-state index in [-0.39, 0.29) is 18.7 Å². The van der Waals surface area contributed by atoms with Crippen molar-refractivity contribution in [1.29, 1.82) is 0 Å². The highest BCUT2D eigenvalue weighted by Gasteiger charge is 2.32. The van der Waals surface area contributed by atoms with Gasteiger partial charge >= 0.3 is 6.09 Å². The lowest BCUT2D eigenvalue weighted by atomic mass is 10.1. The number of ether oxygens (including phenoxy) is 1. The quantitative estimate of drug-likeness (QED) is 0.864. The SMILES string of the molecule is Cc1cccc(CN2C(=O)OCC2CCO)c1. The van der Waals surface area contributed by atoms with Crippen molar-refractivity contribution in [1.82, 2.24) is 4.90 Å². The molecule has 1 aliphatic rings. The molecule has 0 aliphatic carbocycles. The maximum absolute atomic E-state index is 11.6. The summed E-state index contributed by atoms with van der Waals surface area (Å²) in [5, 5.41) is 8.95. The van der Waals surface area contributed by atoms with Gasteiger partial charge in [0.2, 0.25) is 0 Å². The number of benzene rings is 1. The number of amides is 1. The average Bonchev–Trinajstić information content (AvgIpc) is 2.62. The summed E-state index contributed by atoms with van der Waals surface area (Å²) < 4.78 is 5.01. The Bertz CT molecular complexity index is 405. The van der Waals surface area contributed by atoms with E-state index in [4.69, 9.17) is 9.84 Å². The molecule has 17 heavy (non-hydrogen) atoms. The van der Waals surface area contributed by atoms with Crippen LogP contribution >= 0.6 is 0 Å². The fourth-order valence-electron chi connectivity index (χ4n) is 2.08. The van der Waals surface area contributed by atoms with Gasteiger partial charge in [0.15, 0.2) is 0 Å². The molecule has 4 nitrogen and oxygen atoms in total. The van der Waals surface area contributed by atoms with Gasteiger partial charge in [0.05, 0.1) is 6.04 Å². The Morgan fingerprint density at radius 3 is 3.06 bits per heavy atom. The van der Waals surface area contributed by atoms with Crippen molar-refractivity contribution in [3.8, 4) is 0 Å². The number of aliphatic hydroxyl groups excluding tert-OH is 1. The van der Waals surface area contributed by atoms with E-state index in [2.05, 4.69) is 6.07 Å². The number of rotatable bonds is 4. The maximum atomic E-state index is 11.6. The first-order chi connectivity index (χ1) is 8.20. The Labute approximate surface area is 101 Å². The van der Waals surface area contributed by atoms with Gasteiger partial charge in [-0.2, -0.15) is 0 Å². The molecule has 1 saturated heterocycles. The van der Waals surface area contributed by atoms with Crippen LogP contribution in [0.2, 0.25) is 0 Å². The lowest BCUT2D eigenvalue weighted by Gasteiger charge is -2.20. The summed E-state index contributed by atoms with van der Waals surface area (Å²) in [6.07, 6.45) is 0.280. The van der Waals surface area contributed by atoms with E-state index in [0.717, 1.165) is 5.56 Å². The fourth-order valence-corrected chi connectivity index (χ4v) is 2.08. The van der Waals surface area contributed by atoms with E-state index < -0.39 is 0 Å². The number of cyclic esters (lactones) is 1. The van der Waals surface area contributed by atoms with Gasteiger partial charge < -0.3 is 9.84 Å². The zero-order valence-electron chi connectivity index (χ0n) is 9.93. The molecule has 1 N–H and O–H groups in total. The third-order valence-corrected chi connectivity index (χ3v) is 2.97. The van der Waals surface area contributed by atoms with E-state index in [1.54, 1.807) is 4.90 Å². The van der Waals surface area contributed by atoms with Crippen molar-refractivity contribution >= 4 is 6.09 Å². The molecule has 1 atom stereocenters. The fraction of sp³-hybridized carbons (Fsp3) is 0.462. The van der Waals surface area contributed by atoms with E-state index in [9.17, 15) is 4.79 Å². The van der Waals surface area contributed by atoms with Crippen LogP contribution in [0.3, 0.4) is 0 Å². The van der Waals surface area contributed by atoms with Gasteiger partial charge in [0.25, 0.3) is 0 Å². The van der Waals surface area contributed by atoms with Gasteiger partial charge in [0, 0.05) is 13.2 Å². The second-order valence-electron chi connectivity index (χ2n) is 4.36. The highest BCUT2D eigenvalue weighted by Crippen LogP contribution is 2.19. The number of hydrogen-bond donors (Lipinski definition) is 1. The molecule has 1 aromatic rings. The van der Waals surface area contributed by atoms with Crippen LogP contribution in [0.1, 0.15) is 17.5 Å². The van der Waals surface area contributed by atoms with Crippen LogP contribution in [0.5, 0.6) is 0 Å². The Kier molecular flexibility index (Phi) is 3.64. The zero-order chi connectivity index (χ0) is 12.3. The molecule has 1 amide bonds. The number of aliphatic hydroxyl groups is 1. The van der Waals surface area contributed by atoms with Crippen LogP contribution in [-0.2, 0) is 11.3 Å². The van der Waals surface area contributed by atoms with Gasteiger partial charge in [-0.3, -0.25) is 4.90 Å². The number of carbonyl (C=O) groups is 1. The minimum Gasteiger partial charge on any atom is -0.447 e. The van der Waals surface area contributed by atoms with Gasteiger partial charge in [-0.05, 0) is 18.9 Å². The summed E-state index contributed by atoms with van der Waals surface area (Å²) in [7, 11) is 0. The standard InChI is InChI=1S/C13H17NO3/c1-10-3-2-4-11(7-10)8-14-12(5-6-15)9-17-13(14)16/h2-4,7,12,15H,5-6,8-9H2,1H3. The average molecular weight is 235 g/mol. The lowest BCUT2D eigenvalue weighted by Crippen LogP contribution is -2.33. The predicted octanol–water partition coefficient (Wildman–Crippen LogP) is 1.70. The molecule has 0 spiro atoms. The first-order valence-electron chi connectivity index (χ1n) is 5.80. The molecule has 0 aromatic heterocycles. The van der Waals surface area contributed by atoms with Crippen molar-refractivity contribution in [2.75, 3.05) is 13.2 Å². The lowest BCUT2D eigenvalue weighted by molar-refractivity contribution is 0.155. The van der Waals surface area contributed by atoms with E-state index in [0.29, 0.717) is 19.6 Å². The van der Waals surface area contributed by atoms with Crippen LogP contribution < -0.4 is 0 Å². The van der Waals surface area contributed by atoms with E-state index in [1.807, 2.05) is 25.1 Å². The highest BCUT2D eigenvalue weighted by atomic mass is 16.6. The Hall–Kier alpha value is -1.55. The molecule has 92 valence electrons. The third-order valence-electron chi connectivity index (χ3n) is 2.97. The second kappa shape index (κ2) is 5.19. The number of nitrogens with zero attached hydrogens (tertiary/aromatic N) is 1. The first-order valence-corrected chi connectivity index (χ1v) is 5.80. The second-order valence-corrected chi connectivity index (χ2v) is 4.36. The monoisotopic (exact) mass is 235 g/mol. The summed E-state index contributed by atoms with van der Waals surface area (Å²) in [6, 6.07) is 8.05. The molecule has 1 unspecified atom stereocenters. The minimum atomic E-state index is -0.287. The molecule has 1 aromatic carbocycles. The summed E-state index contributed by atoms with van der Waals surface area (Å²) in [6.45, 7) is 3.03. The number of carbonyl (C=O) groups excluding carboxylic acids is 1. The summed E-state index contributed by atoms with van der Waals surface area (Å²) in [5.41, 5.74) is 2.26. The zero-order valence-corrected chi connectivity index (χ0v) is 9.93. The molecule has 4 heteroatoms. The van der Waals surface area contributed by atoms with Crippen LogP contribution in [0, 0.1) is 6.92 Å². The Morgan fingerprint density at radius 2 is 2.35 bits per heavy atom. The maximum Gasteiger partial charge on any atom is 0.410 e. The summed E-state index contributed by atoms with van der Waals surface area (Å²) in [4.78, 5) is 13.3. The van der Waals surface area contributed by atoms with Gasteiger partial charge in [-0.1, -0.05) is 29.8 Å². The molecule has 1 aliphatic heterocycles.